The number of aryl methyl sites for hydroxylation is 1. The fourth-order valence-electron chi connectivity index (χ4n) is 1.91. The third kappa shape index (κ3) is 1.76. The van der Waals surface area contributed by atoms with Crippen molar-refractivity contribution >= 4 is 10.0 Å². The van der Waals surface area contributed by atoms with Gasteiger partial charge in [-0.15, -0.1) is 0 Å². The van der Waals surface area contributed by atoms with Crippen molar-refractivity contribution in [1.82, 2.24) is 4.31 Å². The summed E-state index contributed by atoms with van der Waals surface area (Å²) in [4.78, 5) is 0.400. The van der Waals surface area contributed by atoms with Gasteiger partial charge in [-0.1, -0.05) is 24.6 Å². The van der Waals surface area contributed by atoms with Gasteiger partial charge in [0.05, 0.1) is 4.90 Å². The molecule has 0 spiro atoms. The van der Waals surface area contributed by atoms with E-state index in [2.05, 4.69) is 6.92 Å². The highest BCUT2D eigenvalue weighted by atomic mass is 32.2. The molecule has 1 aromatic carbocycles. The van der Waals surface area contributed by atoms with E-state index in [1.54, 1.807) is 16.4 Å². The van der Waals surface area contributed by atoms with E-state index in [-0.39, 0.29) is 6.04 Å². The molecule has 88 valence electrons. The Hall–Kier alpha value is -0.870. The van der Waals surface area contributed by atoms with Crippen LogP contribution in [0.1, 0.15) is 19.4 Å². The number of benzene rings is 1. The average Bonchev–Trinajstić information content (AvgIpc) is 2.25. The minimum absolute atomic E-state index is 0.117. The smallest absolute Gasteiger partial charge is 0.207 e. The van der Waals surface area contributed by atoms with Crippen LogP contribution in [0.2, 0.25) is 0 Å². The maximum absolute atomic E-state index is 12.2. The van der Waals surface area contributed by atoms with Crippen molar-refractivity contribution in [2.75, 3.05) is 6.54 Å². The largest absolute Gasteiger partial charge is 0.243 e. The SMILES string of the molecule is Cc1ccc(S(=O)(=O)N2C[C@@H](C)[C@@H]2C)cc1. The van der Waals surface area contributed by atoms with Gasteiger partial charge in [-0.25, -0.2) is 8.42 Å². The van der Waals surface area contributed by atoms with E-state index >= 15 is 0 Å². The third-order valence-corrected chi connectivity index (χ3v) is 5.34. The molecule has 1 saturated heterocycles. The van der Waals surface area contributed by atoms with E-state index in [4.69, 9.17) is 0 Å². The lowest BCUT2D eigenvalue weighted by Gasteiger charge is -2.43. The lowest BCUT2D eigenvalue weighted by molar-refractivity contribution is 0.131. The van der Waals surface area contributed by atoms with Gasteiger partial charge >= 0.3 is 0 Å². The molecule has 1 aromatic rings. The van der Waals surface area contributed by atoms with E-state index in [9.17, 15) is 8.42 Å². The van der Waals surface area contributed by atoms with Crippen LogP contribution < -0.4 is 0 Å². The quantitative estimate of drug-likeness (QED) is 0.792. The molecule has 1 fully saturated rings. The molecule has 0 bridgehead atoms. The Morgan fingerprint density at radius 2 is 1.75 bits per heavy atom. The molecule has 0 N–H and O–H groups in total. The summed E-state index contributed by atoms with van der Waals surface area (Å²) in [6.07, 6.45) is 0. The monoisotopic (exact) mass is 239 g/mol. The first-order valence-corrected chi connectivity index (χ1v) is 6.95. The van der Waals surface area contributed by atoms with Crippen molar-refractivity contribution in [3.8, 4) is 0 Å². The number of rotatable bonds is 2. The van der Waals surface area contributed by atoms with Gasteiger partial charge in [-0.2, -0.15) is 4.31 Å². The van der Waals surface area contributed by atoms with Crippen molar-refractivity contribution in [2.45, 2.75) is 31.7 Å². The summed E-state index contributed by atoms with van der Waals surface area (Å²) in [6.45, 7) is 6.62. The molecule has 2 atom stereocenters. The van der Waals surface area contributed by atoms with E-state index in [0.29, 0.717) is 17.4 Å². The van der Waals surface area contributed by atoms with Crippen LogP contribution in [0.4, 0.5) is 0 Å². The van der Waals surface area contributed by atoms with Crippen LogP contribution in [0, 0.1) is 12.8 Å². The Morgan fingerprint density at radius 1 is 1.19 bits per heavy atom. The molecule has 0 amide bonds. The molecule has 4 heteroatoms. The van der Waals surface area contributed by atoms with E-state index in [0.717, 1.165) is 5.56 Å². The molecule has 0 radical (unpaired) electrons. The summed E-state index contributed by atoms with van der Waals surface area (Å²) in [5.74, 6) is 0.459. The van der Waals surface area contributed by atoms with E-state index in [1.807, 2.05) is 26.0 Å². The van der Waals surface area contributed by atoms with Crippen LogP contribution in [0.15, 0.2) is 29.2 Å². The standard InChI is InChI=1S/C12H17NO2S/c1-9-4-6-12(7-5-9)16(14,15)13-8-10(2)11(13)3/h4-7,10-11H,8H2,1-3H3/t10-,11+/m1/s1. The Labute approximate surface area is 97.1 Å². The Morgan fingerprint density at radius 3 is 2.19 bits per heavy atom. The number of nitrogens with zero attached hydrogens (tertiary/aromatic N) is 1. The number of sulfonamides is 1. The summed E-state index contributed by atoms with van der Waals surface area (Å²) >= 11 is 0. The number of hydrogen-bond donors (Lipinski definition) is 0. The highest BCUT2D eigenvalue weighted by molar-refractivity contribution is 7.89. The second-order valence-electron chi connectivity index (χ2n) is 4.61. The molecule has 1 heterocycles. The second kappa shape index (κ2) is 3.86. The van der Waals surface area contributed by atoms with Crippen LogP contribution in [-0.4, -0.2) is 25.3 Å². The van der Waals surface area contributed by atoms with Gasteiger partial charge in [0, 0.05) is 12.6 Å². The molecule has 0 unspecified atom stereocenters. The lowest BCUT2D eigenvalue weighted by Crippen LogP contribution is -2.55. The van der Waals surface area contributed by atoms with Crippen LogP contribution in [0.3, 0.4) is 0 Å². The topological polar surface area (TPSA) is 37.4 Å². The van der Waals surface area contributed by atoms with Gasteiger partial charge in [0.25, 0.3) is 0 Å². The first-order valence-electron chi connectivity index (χ1n) is 5.51. The van der Waals surface area contributed by atoms with Crippen molar-refractivity contribution in [1.29, 1.82) is 0 Å². The van der Waals surface area contributed by atoms with Gasteiger partial charge in [-0.05, 0) is 31.9 Å². The van der Waals surface area contributed by atoms with Crippen molar-refractivity contribution < 1.29 is 8.42 Å². The third-order valence-electron chi connectivity index (χ3n) is 3.37. The van der Waals surface area contributed by atoms with Crippen molar-refractivity contribution in [2.24, 2.45) is 5.92 Å². The minimum atomic E-state index is -3.27. The van der Waals surface area contributed by atoms with Crippen molar-refractivity contribution in [3.05, 3.63) is 29.8 Å². The van der Waals surface area contributed by atoms with E-state index < -0.39 is 10.0 Å². The average molecular weight is 239 g/mol. The zero-order valence-electron chi connectivity index (χ0n) is 9.84. The molecule has 2 rings (SSSR count). The van der Waals surface area contributed by atoms with Crippen LogP contribution in [0.5, 0.6) is 0 Å². The molecule has 0 aromatic heterocycles. The second-order valence-corrected chi connectivity index (χ2v) is 6.50. The van der Waals surface area contributed by atoms with E-state index in [1.165, 1.54) is 0 Å². The summed E-state index contributed by atoms with van der Waals surface area (Å²) in [6, 6.07) is 7.15. The highest BCUT2D eigenvalue weighted by Gasteiger charge is 2.40. The normalized spacial score (nSPS) is 26.4. The van der Waals surface area contributed by atoms with Crippen LogP contribution in [-0.2, 0) is 10.0 Å². The maximum Gasteiger partial charge on any atom is 0.243 e. The molecule has 3 nitrogen and oxygen atoms in total. The minimum Gasteiger partial charge on any atom is -0.207 e. The van der Waals surface area contributed by atoms with Crippen molar-refractivity contribution in [3.63, 3.8) is 0 Å². The number of hydrogen-bond acceptors (Lipinski definition) is 2. The van der Waals surface area contributed by atoms with Gasteiger partial charge in [-0.3, -0.25) is 0 Å². The highest BCUT2D eigenvalue weighted by Crippen LogP contribution is 2.30. The fraction of sp³-hybridized carbons (Fsp3) is 0.500. The summed E-state index contributed by atoms with van der Waals surface area (Å²) in [5, 5.41) is 0. The summed E-state index contributed by atoms with van der Waals surface area (Å²) < 4.78 is 26.0. The fourth-order valence-corrected chi connectivity index (χ4v) is 3.74. The molecule has 16 heavy (non-hydrogen) atoms. The predicted octanol–water partition coefficient (Wildman–Crippen LogP) is 2.02. The maximum atomic E-state index is 12.2. The molecular formula is C12H17NO2S. The lowest BCUT2D eigenvalue weighted by atomic mass is 9.96. The molecule has 1 aliphatic rings. The molecule has 0 aliphatic carbocycles. The summed E-state index contributed by atoms with van der Waals surface area (Å²) in [7, 11) is -3.27. The Kier molecular flexibility index (Phi) is 2.80. The van der Waals surface area contributed by atoms with Crippen LogP contribution in [0.25, 0.3) is 0 Å². The predicted molar refractivity (Wildman–Crippen MR) is 63.7 cm³/mol. The van der Waals surface area contributed by atoms with Gasteiger partial charge in [0.2, 0.25) is 10.0 Å². The van der Waals surface area contributed by atoms with Gasteiger partial charge in [0.1, 0.15) is 0 Å². The Balaban J connectivity index is 2.30. The van der Waals surface area contributed by atoms with Gasteiger partial charge < -0.3 is 0 Å². The first kappa shape index (κ1) is 11.6. The molecule has 0 saturated carbocycles. The first-order chi connectivity index (χ1) is 7.43. The zero-order valence-corrected chi connectivity index (χ0v) is 10.7. The molecule has 1 aliphatic heterocycles. The zero-order chi connectivity index (χ0) is 11.9. The van der Waals surface area contributed by atoms with Crippen LogP contribution >= 0.6 is 0 Å². The van der Waals surface area contributed by atoms with Gasteiger partial charge in [0.15, 0.2) is 0 Å². The Bertz CT molecular complexity index is 478. The summed E-state index contributed by atoms with van der Waals surface area (Å²) in [5.41, 5.74) is 1.07. The molecular weight excluding hydrogens is 222 g/mol.